The Kier molecular flexibility index (Phi) is 6.60. The van der Waals surface area contributed by atoms with Crippen molar-refractivity contribution in [2.24, 2.45) is 0 Å². The van der Waals surface area contributed by atoms with Crippen LogP contribution in [-0.4, -0.2) is 81.4 Å². The van der Waals surface area contributed by atoms with Crippen molar-refractivity contribution in [2.75, 3.05) is 50.2 Å². The molecule has 2 heterocycles. The van der Waals surface area contributed by atoms with Crippen molar-refractivity contribution < 1.29 is 22.7 Å². The van der Waals surface area contributed by atoms with Crippen LogP contribution in [0.2, 0.25) is 0 Å². The van der Waals surface area contributed by atoms with Crippen LogP contribution in [-0.2, 0) is 21.2 Å². The monoisotopic (exact) mass is 471 g/mol. The van der Waals surface area contributed by atoms with Gasteiger partial charge in [-0.15, -0.1) is 0 Å². The van der Waals surface area contributed by atoms with Gasteiger partial charge in [-0.3, -0.25) is 9.59 Å². The first-order valence-electron chi connectivity index (χ1n) is 11.0. The molecule has 0 N–H and O–H groups in total. The van der Waals surface area contributed by atoms with Gasteiger partial charge < -0.3 is 19.4 Å². The number of rotatable bonds is 7. The quantitative estimate of drug-likeness (QED) is 0.612. The third-order valence-corrected chi connectivity index (χ3v) is 7.27. The van der Waals surface area contributed by atoms with Crippen molar-refractivity contribution in [3.8, 4) is 5.75 Å². The van der Waals surface area contributed by atoms with Gasteiger partial charge in [-0.2, -0.15) is 0 Å². The number of fused-ring (bicyclic) bond motifs is 1. The van der Waals surface area contributed by atoms with Crippen LogP contribution in [0.15, 0.2) is 48.5 Å². The maximum absolute atomic E-state index is 13.6. The Morgan fingerprint density at radius 2 is 1.70 bits per heavy atom. The first kappa shape index (κ1) is 23.1. The molecule has 2 aliphatic rings. The van der Waals surface area contributed by atoms with E-state index in [0.29, 0.717) is 38.3 Å². The van der Waals surface area contributed by atoms with Crippen molar-refractivity contribution in [1.29, 1.82) is 0 Å². The zero-order valence-electron chi connectivity index (χ0n) is 18.9. The predicted octanol–water partition coefficient (Wildman–Crippen LogP) is 1.80. The van der Waals surface area contributed by atoms with E-state index < -0.39 is 15.9 Å². The Balaban J connectivity index is 1.50. The molecule has 2 amide bonds. The summed E-state index contributed by atoms with van der Waals surface area (Å²) in [5.41, 5.74) is 2.42. The lowest BCUT2D eigenvalue weighted by molar-refractivity contribution is -0.136. The second-order valence-electron chi connectivity index (χ2n) is 8.51. The second-order valence-corrected chi connectivity index (χ2v) is 10.8. The molecule has 176 valence electrons. The van der Waals surface area contributed by atoms with Crippen molar-refractivity contribution in [2.45, 2.75) is 19.0 Å². The van der Waals surface area contributed by atoms with Crippen molar-refractivity contribution >= 4 is 27.3 Å². The van der Waals surface area contributed by atoms with Crippen LogP contribution in [0.3, 0.4) is 0 Å². The number of anilines is 1. The zero-order valence-corrected chi connectivity index (χ0v) is 19.8. The molecule has 0 aliphatic carbocycles. The van der Waals surface area contributed by atoms with Crippen LogP contribution in [0.25, 0.3) is 0 Å². The summed E-state index contributed by atoms with van der Waals surface area (Å²) in [5.74, 6) is 0.221. The molecule has 0 saturated carbocycles. The zero-order chi connectivity index (χ0) is 23.6. The summed E-state index contributed by atoms with van der Waals surface area (Å²) in [4.78, 5) is 32.0. The van der Waals surface area contributed by atoms with Crippen LogP contribution in [0.5, 0.6) is 5.75 Å². The summed E-state index contributed by atoms with van der Waals surface area (Å²) < 4.78 is 29.2. The molecule has 8 nitrogen and oxygen atoms in total. The van der Waals surface area contributed by atoms with E-state index in [9.17, 15) is 18.0 Å². The van der Waals surface area contributed by atoms with Crippen molar-refractivity contribution in [3.63, 3.8) is 0 Å². The van der Waals surface area contributed by atoms with Crippen molar-refractivity contribution in [1.82, 2.24) is 9.80 Å². The molecule has 1 fully saturated rings. The summed E-state index contributed by atoms with van der Waals surface area (Å²) in [6.45, 7) is 2.54. The number of para-hydroxylation sites is 2. The van der Waals surface area contributed by atoms with Gasteiger partial charge in [-0.05, 0) is 30.2 Å². The normalized spacial score (nSPS) is 17.2. The number of hydrogen-bond donors (Lipinski definition) is 0. The molecule has 2 aromatic rings. The minimum atomic E-state index is -3.28. The fraction of sp³-hybridized carbons (Fsp3) is 0.417. The largest absolute Gasteiger partial charge is 0.495 e. The Morgan fingerprint density at radius 1 is 1.03 bits per heavy atom. The number of nitrogens with zero attached hydrogens (tertiary/aromatic N) is 3. The highest BCUT2D eigenvalue weighted by Crippen LogP contribution is 2.30. The van der Waals surface area contributed by atoms with Crippen LogP contribution >= 0.6 is 0 Å². The van der Waals surface area contributed by atoms with E-state index in [1.54, 1.807) is 24.1 Å². The van der Waals surface area contributed by atoms with E-state index in [1.807, 2.05) is 36.4 Å². The fourth-order valence-corrected chi connectivity index (χ4v) is 5.19. The number of carbonyl (C=O) groups is 2. The van der Waals surface area contributed by atoms with Gasteiger partial charge in [-0.25, -0.2) is 8.42 Å². The van der Waals surface area contributed by atoms with E-state index in [-0.39, 0.29) is 24.0 Å². The molecule has 0 spiro atoms. The highest BCUT2D eigenvalue weighted by Gasteiger charge is 2.39. The molecule has 1 saturated heterocycles. The molecule has 33 heavy (non-hydrogen) atoms. The lowest BCUT2D eigenvalue weighted by Crippen LogP contribution is -2.55. The Hall–Kier alpha value is -3.07. The molecule has 0 radical (unpaired) electrons. The SMILES string of the molecule is COc1ccccc1N1CCN(C(=O)[C@@H](CCS(C)(=O)=O)N2Cc3ccccc3C2=O)CC1. The average molecular weight is 472 g/mol. The Labute approximate surface area is 194 Å². The number of piperazine rings is 1. The molecule has 0 aromatic heterocycles. The number of amides is 2. The fourth-order valence-electron chi connectivity index (χ4n) is 4.54. The summed E-state index contributed by atoms with van der Waals surface area (Å²) in [5, 5.41) is 0. The summed E-state index contributed by atoms with van der Waals surface area (Å²) in [7, 11) is -1.65. The molecule has 2 aliphatic heterocycles. The molecule has 0 bridgehead atoms. The average Bonchev–Trinajstić information content (AvgIpc) is 3.15. The number of methoxy groups -OCH3 is 1. The standard InChI is InChI=1S/C24H29N3O5S/c1-32-22-10-6-5-9-20(22)25-12-14-26(15-13-25)24(29)21(11-16-33(2,30)31)27-17-18-7-3-4-8-19(18)23(27)28/h3-10,21H,11-17H2,1-2H3/t21-/m1/s1. The molecule has 1 atom stereocenters. The third-order valence-electron chi connectivity index (χ3n) is 6.29. The van der Waals surface area contributed by atoms with E-state index in [4.69, 9.17) is 4.74 Å². The molecular weight excluding hydrogens is 442 g/mol. The number of ether oxygens (including phenoxy) is 1. The minimum Gasteiger partial charge on any atom is -0.495 e. The summed E-state index contributed by atoms with van der Waals surface area (Å²) in [6, 6.07) is 14.2. The topological polar surface area (TPSA) is 87.2 Å². The van der Waals surface area contributed by atoms with E-state index in [2.05, 4.69) is 4.90 Å². The van der Waals surface area contributed by atoms with Gasteiger partial charge in [0.1, 0.15) is 21.6 Å². The summed E-state index contributed by atoms with van der Waals surface area (Å²) >= 11 is 0. The van der Waals surface area contributed by atoms with Crippen molar-refractivity contribution in [3.05, 3.63) is 59.7 Å². The first-order valence-corrected chi connectivity index (χ1v) is 13.1. The Morgan fingerprint density at radius 3 is 2.36 bits per heavy atom. The molecule has 0 unspecified atom stereocenters. The van der Waals surface area contributed by atoms with Gasteiger partial charge in [0.05, 0.1) is 18.6 Å². The van der Waals surface area contributed by atoms with Gasteiger partial charge in [-0.1, -0.05) is 30.3 Å². The molecule has 9 heteroatoms. The highest BCUT2D eigenvalue weighted by molar-refractivity contribution is 7.90. The van der Waals surface area contributed by atoms with Gasteiger partial charge in [0.25, 0.3) is 5.91 Å². The first-order chi connectivity index (χ1) is 15.8. The van der Waals surface area contributed by atoms with Gasteiger partial charge in [0.15, 0.2) is 0 Å². The summed E-state index contributed by atoms with van der Waals surface area (Å²) in [6.07, 6.45) is 1.24. The molecule has 2 aromatic carbocycles. The van der Waals surface area contributed by atoms with Crippen LogP contribution in [0.4, 0.5) is 5.69 Å². The van der Waals surface area contributed by atoms with E-state index in [1.165, 1.54) is 4.90 Å². The second kappa shape index (κ2) is 9.43. The third kappa shape index (κ3) is 4.98. The van der Waals surface area contributed by atoms with Gasteiger partial charge >= 0.3 is 0 Å². The smallest absolute Gasteiger partial charge is 0.255 e. The van der Waals surface area contributed by atoms with Gasteiger partial charge in [0.2, 0.25) is 5.91 Å². The highest BCUT2D eigenvalue weighted by atomic mass is 32.2. The molecule has 4 rings (SSSR count). The van der Waals surface area contributed by atoms with Crippen LogP contribution < -0.4 is 9.64 Å². The number of sulfone groups is 1. The lowest BCUT2D eigenvalue weighted by atomic mass is 10.1. The number of carbonyl (C=O) groups excluding carboxylic acids is 2. The number of hydrogen-bond acceptors (Lipinski definition) is 6. The van der Waals surface area contributed by atoms with E-state index in [0.717, 1.165) is 23.3 Å². The van der Waals surface area contributed by atoms with Gasteiger partial charge in [0, 0.05) is 44.5 Å². The van der Waals surface area contributed by atoms with E-state index >= 15 is 0 Å². The maximum atomic E-state index is 13.6. The van der Waals surface area contributed by atoms with Crippen LogP contribution in [0, 0.1) is 0 Å². The molecular formula is C24H29N3O5S. The predicted molar refractivity (Wildman–Crippen MR) is 126 cm³/mol. The Bertz CT molecular complexity index is 1140. The van der Waals surface area contributed by atoms with Crippen LogP contribution in [0.1, 0.15) is 22.3 Å². The lowest BCUT2D eigenvalue weighted by Gasteiger charge is -2.39. The minimum absolute atomic E-state index is 0.0874. The number of benzene rings is 2. The maximum Gasteiger partial charge on any atom is 0.255 e.